The van der Waals surface area contributed by atoms with E-state index in [1.54, 1.807) is 6.92 Å². The minimum Gasteiger partial charge on any atom is -0.390 e. The molecule has 1 aromatic rings. The fourth-order valence-corrected chi connectivity index (χ4v) is 4.41. The zero-order chi connectivity index (χ0) is 19.4. The Morgan fingerprint density at radius 1 is 1.33 bits per heavy atom. The van der Waals surface area contributed by atoms with Gasteiger partial charge in [-0.2, -0.15) is 0 Å². The van der Waals surface area contributed by atoms with Gasteiger partial charge < -0.3 is 15.6 Å². The van der Waals surface area contributed by atoms with E-state index in [0.29, 0.717) is 17.9 Å². The molecule has 0 radical (unpaired) electrons. The number of anilines is 1. The smallest absolute Gasteiger partial charge is 0.224 e. The Hall–Kier alpha value is -2.10. The highest BCUT2D eigenvalue weighted by molar-refractivity contribution is 6.08. The molecular formula is C23H33N3O. The van der Waals surface area contributed by atoms with Crippen LogP contribution in [0.25, 0.3) is 5.57 Å². The number of allylic oxidation sites excluding steroid dienone is 1. The van der Waals surface area contributed by atoms with Crippen molar-refractivity contribution < 1.29 is 4.79 Å². The minimum absolute atomic E-state index is 0.146. The van der Waals surface area contributed by atoms with Crippen LogP contribution in [-0.2, 0) is 11.2 Å². The summed E-state index contributed by atoms with van der Waals surface area (Å²) in [6.45, 7) is 7.10. The predicted molar refractivity (Wildman–Crippen MR) is 113 cm³/mol. The average molecular weight is 368 g/mol. The first-order valence-corrected chi connectivity index (χ1v) is 10.4. The van der Waals surface area contributed by atoms with Crippen LogP contribution >= 0.6 is 0 Å². The largest absolute Gasteiger partial charge is 0.390 e. The quantitative estimate of drug-likeness (QED) is 0.513. The van der Waals surface area contributed by atoms with Crippen LogP contribution in [0.15, 0.2) is 24.4 Å². The number of carbonyl (C=O) groups excluding carboxylic acids is 1. The second-order valence-electron chi connectivity index (χ2n) is 8.15. The van der Waals surface area contributed by atoms with E-state index in [9.17, 15) is 4.79 Å². The number of fused-ring (bicyclic) bond motifs is 1. The summed E-state index contributed by atoms with van der Waals surface area (Å²) in [5.41, 5.74) is 4.24. The number of hydrogen-bond donors (Lipinski definition) is 2. The molecule has 0 bridgehead atoms. The number of rotatable bonds is 8. The van der Waals surface area contributed by atoms with Gasteiger partial charge in [-0.3, -0.25) is 4.79 Å². The van der Waals surface area contributed by atoms with Gasteiger partial charge in [-0.05, 0) is 60.8 Å². The second-order valence-corrected chi connectivity index (χ2v) is 8.15. The number of nitrogens with zero attached hydrogens (tertiary/aromatic N) is 1. The van der Waals surface area contributed by atoms with Crippen LogP contribution in [0.5, 0.6) is 0 Å². The van der Waals surface area contributed by atoms with Gasteiger partial charge in [-0.25, -0.2) is 0 Å². The van der Waals surface area contributed by atoms with Gasteiger partial charge in [0.1, 0.15) is 0 Å². The molecule has 0 aromatic heterocycles. The van der Waals surface area contributed by atoms with Gasteiger partial charge in [0.15, 0.2) is 0 Å². The van der Waals surface area contributed by atoms with E-state index >= 15 is 0 Å². The summed E-state index contributed by atoms with van der Waals surface area (Å²) in [6, 6.07) is 6.66. The van der Waals surface area contributed by atoms with E-state index < -0.39 is 0 Å². The Morgan fingerprint density at radius 2 is 2.11 bits per heavy atom. The molecular weight excluding hydrogens is 334 g/mol. The van der Waals surface area contributed by atoms with Crippen LogP contribution in [0.4, 0.5) is 5.69 Å². The molecule has 0 spiro atoms. The lowest BCUT2D eigenvalue weighted by Crippen LogP contribution is -2.48. The van der Waals surface area contributed by atoms with Crippen molar-refractivity contribution in [2.24, 2.45) is 11.8 Å². The summed E-state index contributed by atoms with van der Waals surface area (Å²) in [4.78, 5) is 14.5. The molecule has 1 aliphatic carbocycles. The Kier molecular flexibility index (Phi) is 6.35. The molecule has 1 amide bonds. The third-order valence-electron chi connectivity index (χ3n) is 5.88. The van der Waals surface area contributed by atoms with Crippen molar-refractivity contribution in [3.63, 3.8) is 0 Å². The molecule has 146 valence electrons. The fraction of sp³-hybridized carbons (Fsp3) is 0.565. The molecule has 4 heteroatoms. The molecule has 2 N–H and O–H groups in total. The standard InChI is InChI=1S/C23H33N3O/c1-4-5-6-11-25-15-21(14-24)19-9-10-22-20(13-19)12-16(2)23(18-7-8-18)26(22)17(3)27/h9-10,13-16,18,23-25H,4-8,11-12H2,1-3H3/b21-15+,24-14?/t16?,23-/m1/s1. The van der Waals surface area contributed by atoms with Gasteiger partial charge in [0.2, 0.25) is 5.91 Å². The summed E-state index contributed by atoms with van der Waals surface area (Å²) in [6.07, 6.45) is 10.4. The van der Waals surface area contributed by atoms with Crippen molar-refractivity contribution in [3.8, 4) is 0 Å². The third kappa shape index (κ3) is 4.42. The molecule has 2 aliphatic rings. The van der Waals surface area contributed by atoms with Crippen molar-refractivity contribution in [1.29, 1.82) is 5.41 Å². The molecule has 1 fully saturated rings. The monoisotopic (exact) mass is 367 g/mol. The van der Waals surface area contributed by atoms with Crippen LogP contribution in [0.2, 0.25) is 0 Å². The van der Waals surface area contributed by atoms with Gasteiger partial charge in [-0.15, -0.1) is 0 Å². The molecule has 2 atom stereocenters. The molecule has 0 saturated heterocycles. The van der Waals surface area contributed by atoms with Crippen molar-refractivity contribution >= 4 is 23.4 Å². The molecule has 1 aromatic carbocycles. The zero-order valence-electron chi connectivity index (χ0n) is 16.9. The lowest BCUT2D eigenvalue weighted by Gasteiger charge is -2.41. The van der Waals surface area contributed by atoms with Crippen LogP contribution in [0.1, 0.15) is 64.0 Å². The summed E-state index contributed by atoms with van der Waals surface area (Å²) in [5, 5.41) is 11.1. The highest BCUT2D eigenvalue weighted by Crippen LogP contribution is 2.45. The van der Waals surface area contributed by atoms with E-state index in [2.05, 4.69) is 37.4 Å². The van der Waals surface area contributed by atoms with Crippen LogP contribution < -0.4 is 10.2 Å². The van der Waals surface area contributed by atoms with E-state index in [0.717, 1.165) is 36.2 Å². The summed E-state index contributed by atoms with van der Waals surface area (Å²) in [5.74, 6) is 1.29. The molecule has 27 heavy (non-hydrogen) atoms. The molecule has 1 aliphatic heterocycles. The lowest BCUT2D eigenvalue weighted by atomic mass is 9.83. The number of unbranched alkanes of at least 4 members (excludes halogenated alkanes) is 2. The van der Waals surface area contributed by atoms with Crippen molar-refractivity contribution in [2.75, 3.05) is 11.4 Å². The van der Waals surface area contributed by atoms with Crippen LogP contribution in [0, 0.1) is 17.2 Å². The molecule has 4 nitrogen and oxygen atoms in total. The number of hydrogen-bond acceptors (Lipinski definition) is 3. The van der Waals surface area contributed by atoms with E-state index in [1.165, 1.54) is 37.5 Å². The zero-order valence-corrected chi connectivity index (χ0v) is 16.9. The van der Waals surface area contributed by atoms with Crippen molar-refractivity contribution in [3.05, 3.63) is 35.5 Å². The first-order chi connectivity index (χ1) is 13.1. The second kappa shape index (κ2) is 8.73. The van der Waals surface area contributed by atoms with Crippen LogP contribution in [0.3, 0.4) is 0 Å². The van der Waals surface area contributed by atoms with E-state index in [4.69, 9.17) is 5.41 Å². The molecule has 1 unspecified atom stereocenters. The van der Waals surface area contributed by atoms with Gasteiger partial charge in [0.25, 0.3) is 0 Å². The van der Waals surface area contributed by atoms with Gasteiger partial charge in [0, 0.05) is 43.2 Å². The number of nitrogens with one attached hydrogen (secondary N) is 2. The lowest BCUT2D eigenvalue weighted by molar-refractivity contribution is -0.117. The SMILES string of the molecule is CCCCCN/C=C(\C=N)c1ccc2c(c1)CC(C)[C@H](C1CC1)N2C(C)=O. The molecule has 1 heterocycles. The summed E-state index contributed by atoms with van der Waals surface area (Å²) >= 11 is 0. The van der Waals surface area contributed by atoms with Gasteiger partial charge in [-0.1, -0.05) is 32.8 Å². The van der Waals surface area contributed by atoms with Crippen molar-refractivity contribution in [2.45, 2.75) is 65.3 Å². The first-order valence-electron chi connectivity index (χ1n) is 10.4. The topological polar surface area (TPSA) is 56.2 Å². The van der Waals surface area contributed by atoms with Crippen LogP contribution in [-0.4, -0.2) is 24.7 Å². The number of amides is 1. The number of benzene rings is 1. The van der Waals surface area contributed by atoms with Gasteiger partial charge >= 0.3 is 0 Å². The predicted octanol–water partition coefficient (Wildman–Crippen LogP) is 4.78. The van der Waals surface area contributed by atoms with Crippen molar-refractivity contribution in [1.82, 2.24) is 5.32 Å². The maximum Gasteiger partial charge on any atom is 0.224 e. The van der Waals surface area contributed by atoms with Gasteiger partial charge in [0.05, 0.1) is 0 Å². The molecule has 1 saturated carbocycles. The van der Waals surface area contributed by atoms with E-state index in [-0.39, 0.29) is 5.91 Å². The average Bonchev–Trinajstić information content (AvgIpc) is 3.48. The normalized spacial score (nSPS) is 22.3. The Balaban J connectivity index is 1.83. The molecule has 3 rings (SSSR count). The minimum atomic E-state index is 0.146. The third-order valence-corrected chi connectivity index (χ3v) is 5.88. The maximum absolute atomic E-state index is 12.4. The Morgan fingerprint density at radius 3 is 2.74 bits per heavy atom. The summed E-state index contributed by atoms with van der Waals surface area (Å²) < 4.78 is 0. The Bertz CT molecular complexity index is 720. The number of carbonyl (C=O) groups is 1. The Labute approximate surface area is 163 Å². The highest BCUT2D eigenvalue weighted by atomic mass is 16.2. The maximum atomic E-state index is 12.4. The summed E-state index contributed by atoms with van der Waals surface area (Å²) in [7, 11) is 0. The fourth-order valence-electron chi connectivity index (χ4n) is 4.41. The van der Waals surface area contributed by atoms with E-state index in [1.807, 2.05) is 11.1 Å². The first kappa shape index (κ1) is 19.7. The highest BCUT2D eigenvalue weighted by Gasteiger charge is 2.43.